The second kappa shape index (κ2) is 34.7. The van der Waals surface area contributed by atoms with Gasteiger partial charge >= 0.3 is 0 Å². The molecule has 0 amide bonds. The van der Waals surface area contributed by atoms with E-state index < -0.39 is 0 Å². The van der Waals surface area contributed by atoms with E-state index in [2.05, 4.69) is 514 Å². The second-order valence-electron chi connectivity index (χ2n) is 37.7. The molecule has 0 fully saturated rings. The van der Waals surface area contributed by atoms with Gasteiger partial charge < -0.3 is 27.4 Å². The van der Waals surface area contributed by atoms with Crippen molar-refractivity contribution < 1.29 is 0 Å². The fourth-order valence-corrected chi connectivity index (χ4v) is 22.4. The van der Waals surface area contributed by atoms with Crippen LogP contribution in [0.15, 0.2) is 497 Å². The fraction of sp³-hybridized carbons (Fsp3) is 0.0149. The van der Waals surface area contributed by atoms with Gasteiger partial charge in [0.2, 0.25) is 0 Å². The van der Waals surface area contributed by atoms with Gasteiger partial charge in [-0.15, -0.1) is 0 Å². The zero-order valence-electron chi connectivity index (χ0n) is 79.7. The first kappa shape index (κ1) is 84.5. The highest BCUT2D eigenvalue weighted by Gasteiger charge is 2.25. The van der Waals surface area contributed by atoms with E-state index in [0.29, 0.717) is 0 Å². The summed E-state index contributed by atoms with van der Waals surface area (Å²) in [5, 5.41) is 15.0. The standard InChI is InChI=1S/2C45H30N4.C44H28N4/c1-29-11-10-16-38-43(29)47-45(31-23-27-33(28-24-31)49-41-19-8-4-14-36(41)37-15-5-9-20-42(37)49)44(46-38)30-21-25-32(26-22-30)48-39-17-6-2-12-34(39)35-13-3-7-18-40(35)48;1-29-18-27-38-39(28-29)47-45(31-21-25-33(26-22-31)49-42-16-8-4-12-36(42)37-13-5-9-17-43(37)49)44(46-38)30-19-23-32(24-20-30)48-40-14-6-2-10-34(40)35-11-3-7-15-41(35)48;1-7-17-39-33(11-1)34-12-2-8-18-40(34)47(39)31-25-21-29(22-26-31)43-44(46-38-16-6-5-15-37(38)45-43)30-23-27-32(28-24-30)48-41-19-9-3-13-35(41)36-14-4-10-20-42(36)48/h2*2-28H,1H3;1-28H. The van der Waals surface area contributed by atoms with E-state index in [4.69, 9.17) is 29.9 Å². The summed E-state index contributed by atoms with van der Waals surface area (Å²) in [7, 11) is 0. The van der Waals surface area contributed by atoms with Gasteiger partial charge in [0, 0.05) is 132 Å². The largest absolute Gasteiger partial charge is 0.309 e. The highest BCUT2D eigenvalue weighted by molar-refractivity contribution is 6.15. The molecule has 30 aromatic rings. The first-order valence-electron chi connectivity index (χ1n) is 49.6. The maximum atomic E-state index is 5.29. The molecule has 0 bridgehead atoms. The Hall–Kier alpha value is -19.6. The van der Waals surface area contributed by atoms with Gasteiger partial charge in [-0.05, 0) is 201 Å². The summed E-state index contributed by atoms with van der Waals surface area (Å²) in [4.78, 5) is 31.4. The van der Waals surface area contributed by atoms with Crippen molar-refractivity contribution in [1.82, 2.24) is 57.3 Å². The van der Waals surface area contributed by atoms with Crippen molar-refractivity contribution in [3.05, 3.63) is 509 Å². The maximum absolute atomic E-state index is 5.29. The Kier molecular flexibility index (Phi) is 20.1. The smallest absolute Gasteiger partial charge is 0.0973 e. The van der Waals surface area contributed by atoms with E-state index >= 15 is 0 Å². The highest BCUT2D eigenvalue weighted by atomic mass is 15.0. The van der Waals surface area contributed by atoms with Crippen LogP contribution >= 0.6 is 0 Å². The molecule has 9 aromatic heterocycles. The number of hydrogen-bond acceptors (Lipinski definition) is 6. The van der Waals surface area contributed by atoms with Crippen molar-refractivity contribution in [3.8, 4) is 102 Å². The van der Waals surface area contributed by atoms with Crippen molar-refractivity contribution >= 4 is 164 Å². The average molecular weight is 1870 g/mol. The number of benzene rings is 21. The summed E-state index contributed by atoms with van der Waals surface area (Å²) in [5.41, 5.74) is 40.1. The van der Waals surface area contributed by atoms with E-state index in [1.54, 1.807) is 0 Å². The topological polar surface area (TPSA) is 107 Å². The molecule has 12 heteroatoms. The van der Waals surface area contributed by atoms with Gasteiger partial charge in [-0.25, -0.2) is 29.9 Å². The summed E-state index contributed by atoms with van der Waals surface area (Å²) < 4.78 is 14.1. The van der Waals surface area contributed by atoms with Gasteiger partial charge in [0.05, 0.1) is 133 Å². The predicted octanol–water partition coefficient (Wildman–Crippen LogP) is 34.1. The molecular weight excluding hydrogens is 1780 g/mol. The van der Waals surface area contributed by atoms with Crippen molar-refractivity contribution in [2.75, 3.05) is 0 Å². The monoisotopic (exact) mass is 1860 g/mol. The van der Waals surface area contributed by atoms with Crippen LogP contribution in [-0.4, -0.2) is 57.3 Å². The number of para-hydroxylation sites is 15. The molecule has 0 N–H and O–H groups in total. The Bertz CT molecular complexity index is 9780. The third kappa shape index (κ3) is 14.1. The molecule has 0 spiro atoms. The van der Waals surface area contributed by atoms with E-state index in [9.17, 15) is 0 Å². The van der Waals surface area contributed by atoms with Crippen LogP contribution in [-0.2, 0) is 0 Å². The molecule has 21 aromatic carbocycles. The van der Waals surface area contributed by atoms with Crippen LogP contribution in [0.25, 0.3) is 266 Å². The number of aromatic nitrogens is 12. The van der Waals surface area contributed by atoms with Crippen LogP contribution in [0, 0.1) is 13.8 Å². The van der Waals surface area contributed by atoms with Crippen molar-refractivity contribution in [1.29, 1.82) is 0 Å². The van der Waals surface area contributed by atoms with Gasteiger partial charge in [0.15, 0.2) is 0 Å². The van der Waals surface area contributed by atoms with E-state index in [-0.39, 0.29) is 0 Å². The number of rotatable bonds is 12. The molecule has 0 atom stereocenters. The summed E-state index contributed by atoms with van der Waals surface area (Å²) in [5.74, 6) is 0. The Morgan fingerprint density at radius 3 is 0.527 bits per heavy atom. The molecule has 12 nitrogen and oxygen atoms in total. The van der Waals surface area contributed by atoms with E-state index in [1.165, 1.54) is 131 Å². The lowest BCUT2D eigenvalue weighted by Crippen LogP contribution is -1.99. The van der Waals surface area contributed by atoms with Gasteiger partial charge in [-0.1, -0.05) is 322 Å². The third-order valence-electron chi connectivity index (χ3n) is 29.2. The quantitative estimate of drug-likeness (QED) is 0.121. The van der Waals surface area contributed by atoms with Crippen LogP contribution in [0.1, 0.15) is 11.1 Å². The van der Waals surface area contributed by atoms with Crippen LogP contribution in [0.4, 0.5) is 0 Å². The van der Waals surface area contributed by atoms with E-state index in [0.717, 1.165) is 146 Å². The number of aryl methyl sites for hydroxylation is 2. The normalized spacial score (nSPS) is 11.8. The van der Waals surface area contributed by atoms with Crippen molar-refractivity contribution in [2.24, 2.45) is 0 Å². The van der Waals surface area contributed by atoms with Gasteiger partial charge in [-0.3, -0.25) is 0 Å². The summed E-state index contributed by atoms with van der Waals surface area (Å²) in [6.07, 6.45) is 0. The summed E-state index contributed by atoms with van der Waals surface area (Å²) in [6, 6.07) is 177. The molecule has 30 rings (SSSR count). The van der Waals surface area contributed by atoms with Crippen molar-refractivity contribution in [3.63, 3.8) is 0 Å². The molecule has 0 saturated carbocycles. The maximum Gasteiger partial charge on any atom is 0.0973 e. The minimum atomic E-state index is 0.868. The lowest BCUT2D eigenvalue weighted by atomic mass is 10.0. The Balaban J connectivity index is 0.000000106. The number of nitrogens with zero attached hydrogens (tertiary/aromatic N) is 12. The lowest BCUT2D eigenvalue weighted by molar-refractivity contribution is 1.18. The minimum Gasteiger partial charge on any atom is -0.309 e. The average Bonchev–Trinajstić information content (AvgIpc) is 1.66. The SMILES string of the molecule is Cc1ccc2nc(-c3ccc(-n4c5ccccc5c5ccccc54)cc3)c(-c3ccc(-n4c5ccccc5c5ccccc54)cc3)nc2c1.Cc1cccc2nc(-c3ccc(-n4c5ccccc5c5ccccc54)cc3)c(-c3ccc(-n4c5ccccc5c5ccccc54)cc3)nc12.c1ccc2nc(-c3ccc(-n4c5ccccc5c5ccccc54)cc3)c(-c3ccc(-n4c5ccccc5c5ccccc54)cc3)nc2c1. The van der Waals surface area contributed by atoms with E-state index in [1.807, 2.05) is 24.3 Å². The Morgan fingerprint density at radius 1 is 0.137 bits per heavy atom. The molecule has 684 valence electrons. The zero-order valence-corrected chi connectivity index (χ0v) is 79.7. The molecule has 0 aliphatic rings. The van der Waals surface area contributed by atoms with Gasteiger partial charge in [0.1, 0.15) is 0 Å². The van der Waals surface area contributed by atoms with Crippen LogP contribution < -0.4 is 0 Å². The highest BCUT2D eigenvalue weighted by Crippen LogP contribution is 2.45. The third-order valence-corrected chi connectivity index (χ3v) is 29.2. The fourth-order valence-electron chi connectivity index (χ4n) is 22.4. The summed E-state index contributed by atoms with van der Waals surface area (Å²) in [6.45, 7) is 4.20. The predicted molar refractivity (Wildman–Crippen MR) is 607 cm³/mol. The molecule has 0 aliphatic heterocycles. The zero-order chi connectivity index (χ0) is 96.6. The van der Waals surface area contributed by atoms with Gasteiger partial charge in [-0.2, -0.15) is 0 Å². The minimum absolute atomic E-state index is 0.868. The Labute approximate surface area is 839 Å². The van der Waals surface area contributed by atoms with Crippen LogP contribution in [0.2, 0.25) is 0 Å². The van der Waals surface area contributed by atoms with Crippen LogP contribution in [0.5, 0.6) is 0 Å². The molecular formula is C134H88N12. The molecule has 0 unspecified atom stereocenters. The number of fused-ring (bicyclic) bond motifs is 21. The molecule has 0 radical (unpaired) electrons. The number of hydrogen-bond donors (Lipinski definition) is 0. The molecule has 0 aliphatic carbocycles. The molecule has 146 heavy (non-hydrogen) atoms. The van der Waals surface area contributed by atoms with Crippen LogP contribution in [0.3, 0.4) is 0 Å². The molecule has 9 heterocycles. The second-order valence-corrected chi connectivity index (χ2v) is 37.7. The Morgan fingerprint density at radius 2 is 0.308 bits per heavy atom. The molecule has 0 saturated heterocycles. The lowest BCUT2D eigenvalue weighted by Gasteiger charge is -2.14. The van der Waals surface area contributed by atoms with Gasteiger partial charge in [0.25, 0.3) is 0 Å². The van der Waals surface area contributed by atoms with Crippen molar-refractivity contribution in [2.45, 2.75) is 13.8 Å². The first-order chi connectivity index (χ1) is 72.2. The summed E-state index contributed by atoms with van der Waals surface area (Å²) >= 11 is 0. The first-order valence-corrected chi connectivity index (χ1v) is 49.6.